The Kier molecular flexibility index (Phi) is 2.20. The summed E-state index contributed by atoms with van der Waals surface area (Å²) in [6, 6.07) is 0. The molecule has 1 rings (SSSR count). The van der Waals surface area contributed by atoms with Gasteiger partial charge in [0.25, 0.3) is 0 Å². The normalized spacial score (nSPS) is 9.70. The van der Waals surface area contributed by atoms with E-state index in [-0.39, 0.29) is 5.75 Å². The summed E-state index contributed by atoms with van der Waals surface area (Å²) < 4.78 is 0. The van der Waals surface area contributed by atoms with Crippen LogP contribution in [-0.2, 0) is 6.42 Å². The van der Waals surface area contributed by atoms with Gasteiger partial charge < -0.3 is 5.11 Å². The molecule has 10 heavy (non-hydrogen) atoms. The van der Waals surface area contributed by atoms with Gasteiger partial charge in [0, 0.05) is 6.42 Å². The van der Waals surface area contributed by atoms with E-state index in [1.165, 1.54) is 12.4 Å². The molecule has 1 N–H and O–H groups in total. The second-order valence-corrected chi connectivity index (χ2v) is 2.11. The maximum atomic E-state index is 8.80. The number of aryl methyl sites for hydroxylation is 1. The lowest BCUT2D eigenvalue weighted by Crippen LogP contribution is -1.91. The zero-order chi connectivity index (χ0) is 7.40. The van der Waals surface area contributed by atoms with Crippen molar-refractivity contribution in [2.45, 2.75) is 19.8 Å². The predicted molar refractivity (Wildman–Crippen MR) is 37.7 cm³/mol. The van der Waals surface area contributed by atoms with Crippen molar-refractivity contribution in [3.63, 3.8) is 0 Å². The largest absolute Gasteiger partial charge is 0.505 e. The summed E-state index contributed by atoms with van der Waals surface area (Å²) in [6.45, 7) is 2.07. The van der Waals surface area contributed by atoms with Crippen molar-refractivity contribution >= 4 is 0 Å². The van der Waals surface area contributed by atoms with Crippen molar-refractivity contribution in [3.05, 3.63) is 18.2 Å². The molecule has 1 aromatic rings. The lowest BCUT2D eigenvalue weighted by Gasteiger charge is -1.94. The third-order valence-electron chi connectivity index (χ3n) is 1.17. The van der Waals surface area contributed by atoms with E-state index in [1.807, 2.05) is 0 Å². The van der Waals surface area contributed by atoms with Crippen LogP contribution in [-0.4, -0.2) is 15.1 Å². The number of hydrogen-bond acceptors (Lipinski definition) is 3. The van der Waals surface area contributed by atoms with E-state index in [0.29, 0.717) is 0 Å². The van der Waals surface area contributed by atoms with Gasteiger partial charge in [-0.1, -0.05) is 6.92 Å². The van der Waals surface area contributed by atoms with Crippen molar-refractivity contribution in [1.82, 2.24) is 9.97 Å². The van der Waals surface area contributed by atoms with Crippen LogP contribution in [0, 0.1) is 0 Å². The molecule has 0 amide bonds. The molecule has 0 unspecified atom stereocenters. The van der Waals surface area contributed by atoms with Gasteiger partial charge in [0.05, 0.1) is 12.4 Å². The molecule has 3 nitrogen and oxygen atoms in total. The third kappa shape index (κ3) is 1.69. The first kappa shape index (κ1) is 6.99. The molecule has 0 aliphatic carbocycles. The summed E-state index contributed by atoms with van der Waals surface area (Å²) in [5.74, 6) is 0.917. The highest BCUT2D eigenvalue weighted by Gasteiger charge is 1.92. The Bertz CT molecular complexity index is 195. The Morgan fingerprint density at radius 1 is 1.40 bits per heavy atom. The first-order valence-electron chi connectivity index (χ1n) is 3.33. The number of rotatable bonds is 2. The number of hydrogen-bond donors (Lipinski definition) is 1. The Morgan fingerprint density at radius 2 is 2.00 bits per heavy atom. The smallest absolute Gasteiger partial charge is 0.152 e. The molecule has 1 aromatic heterocycles. The first-order valence-corrected chi connectivity index (χ1v) is 3.33. The highest BCUT2D eigenvalue weighted by molar-refractivity contribution is 5.09. The fourth-order valence-electron chi connectivity index (χ4n) is 0.701. The van der Waals surface area contributed by atoms with Gasteiger partial charge in [0.15, 0.2) is 5.75 Å². The molecule has 0 saturated heterocycles. The van der Waals surface area contributed by atoms with Crippen molar-refractivity contribution in [2.75, 3.05) is 0 Å². The second kappa shape index (κ2) is 3.15. The number of aromatic nitrogens is 2. The van der Waals surface area contributed by atoms with Gasteiger partial charge in [-0.15, -0.1) is 0 Å². The van der Waals surface area contributed by atoms with Gasteiger partial charge in [-0.25, -0.2) is 9.97 Å². The van der Waals surface area contributed by atoms with Crippen molar-refractivity contribution in [2.24, 2.45) is 0 Å². The highest BCUT2D eigenvalue weighted by Crippen LogP contribution is 2.02. The fraction of sp³-hybridized carbons (Fsp3) is 0.429. The third-order valence-corrected chi connectivity index (χ3v) is 1.17. The summed E-state index contributed by atoms with van der Waals surface area (Å²) >= 11 is 0. The van der Waals surface area contributed by atoms with Crippen molar-refractivity contribution < 1.29 is 5.11 Å². The summed E-state index contributed by atoms with van der Waals surface area (Å²) in [5, 5.41) is 8.80. The van der Waals surface area contributed by atoms with Crippen LogP contribution < -0.4 is 0 Å². The van der Waals surface area contributed by atoms with Crippen LogP contribution >= 0.6 is 0 Å². The average molecular weight is 138 g/mol. The SMILES string of the molecule is CCCc1ncc(O)cn1. The van der Waals surface area contributed by atoms with Gasteiger partial charge in [-0.05, 0) is 6.42 Å². The molecule has 0 aromatic carbocycles. The first-order chi connectivity index (χ1) is 4.83. The molecular formula is C7H10N2O. The van der Waals surface area contributed by atoms with Gasteiger partial charge in [0.2, 0.25) is 0 Å². The van der Waals surface area contributed by atoms with Crippen LogP contribution in [0.5, 0.6) is 5.75 Å². The maximum Gasteiger partial charge on any atom is 0.152 e. The van der Waals surface area contributed by atoms with E-state index in [9.17, 15) is 0 Å². The molecule has 0 bridgehead atoms. The highest BCUT2D eigenvalue weighted by atomic mass is 16.3. The van der Waals surface area contributed by atoms with Gasteiger partial charge in [0.1, 0.15) is 5.82 Å². The van der Waals surface area contributed by atoms with Gasteiger partial charge >= 0.3 is 0 Å². The molecule has 0 atom stereocenters. The van der Waals surface area contributed by atoms with Crippen LogP contribution in [0.3, 0.4) is 0 Å². The molecule has 3 heteroatoms. The Hall–Kier alpha value is -1.12. The minimum Gasteiger partial charge on any atom is -0.505 e. The molecule has 0 aliphatic rings. The summed E-state index contributed by atoms with van der Waals surface area (Å²) in [7, 11) is 0. The van der Waals surface area contributed by atoms with E-state index in [1.54, 1.807) is 0 Å². The van der Waals surface area contributed by atoms with Crippen molar-refractivity contribution in [3.8, 4) is 5.75 Å². The zero-order valence-electron chi connectivity index (χ0n) is 5.91. The topological polar surface area (TPSA) is 46.0 Å². The lowest BCUT2D eigenvalue weighted by atomic mass is 10.3. The summed E-state index contributed by atoms with van der Waals surface area (Å²) in [4.78, 5) is 7.81. The van der Waals surface area contributed by atoms with E-state index >= 15 is 0 Å². The van der Waals surface area contributed by atoms with E-state index in [4.69, 9.17) is 5.11 Å². The molecule has 54 valence electrons. The Labute approximate surface area is 59.8 Å². The minimum atomic E-state index is 0.125. The monoisotopic (exact) mass is 138 g/mol. The average Bonchev–Trinajstić information content (AvgIpc) is 1.95. The standard InChI is InChI=1S/C7H10N2O/c1-2-3-7-8-4-6(10)5-9-7/h4-5,10H,2-3H2,1H3. The van der Waals surface area contributed by atoms with E-state index in [0.717, 1.165) is 18.7 Å². The van der Waals surface area contributed by atoms with E-state index < -0.39 is 0 Å². The van der Waals surface area contributed by atoms with Gasteiger partial charge in [-0.2, -0.15) is 0 Å². The molecule has 0 spiro atoms. The van der Waals surface area contributed by atoms with Gasteiger partial charge in [-0.3, -0.25) is 0 Å². The number of aromatic hydroxyl groups is 1. The van der Waals surface area contributed by atoms with Crippen LogP contribution in [0.25, 0.3) is 0 Å². The van der Waals surface area contributed by atoms with Crippen molar-refractivity contribution in [1.29, 1.82) is 0 Å². The fourth-order valence-corrected chi connectivity index (χ4v) is 0.701. The Morgan fingerprint density at radius 3 is 2.50 bits per heavy atom. The molecule has 0 saturated carbocycles. The summed E-state index contributed by atoms with van der Waals surface area (Å²) in [6.07, 6.45) is 4.74. The van der Waals surface area contributed by atoms with Crippen LogP contribution in [0.4, 0.5) is 0 Å². The van der Waals surface area contributed by atoms with Crippen LogP contribution in [0.1, 0.15) is 19.2 Å². The van der Waals surface area contributed by atoms with Crippen LogP contribution in [0.2, 0.25) is 0 Å². The quantitative estimate of drug-likeness (QED) is 0.666. The molecule has 0 radical (unpaired) electrons. The molecule has 0 fully saturated rings. The molecular weight excluding hydrogens is 128 g/mol. The maximum absolute atomic E-state index is 8.80. The zero-order valence-corrected chi connectivity index (χ0v) is 5.91. The molecule has 1 heterocycles. The lowest BCUT2D eigenvalue weighted by molar-refractivity contribution is 0.468. The Balaban J connectivity index is 2.69. The van der Waals surface area contributed by atoms with E-state index in [2.05, 4.69) is 16.9 Å². The number of nitrogens with zero attached hydrogens (tertiary/aromatic N) is 2. The van der Waals surface area contributed by atoms with Crippen LogP contribution in [0.15, 0.2) is 12.4 Å². The molecule has 0 aliphatic heterocycles. The minimum absolute atomic E-state index is 0.125. The second-order valence-electron chi connectivity index (χ2n) is 2.11. The predicted octanol–water partition coefficient (Wildman–Crippen LogP) is 1.13. The summed E-state index contributed by atoms with van der Waals surface area (Å²) in [5.41, 5.74) is 0.